The number of aromatic nitrogens is 1. The molecule has 2 heterocycles. The van der Waals surface area contributed by atoms with E-state index in [-0.39, 0.29) is 5.91 Å². The number of hydrogen-bond donors (Lipinski definition) is 1. The summed E-state index contributed by atoms with van der Waals surface area (Å²) in [6.45, 7) is 3.66. The average Bonchev–Trinajstić information content (AvgIpc) is 2.87. The highest BCUT2D eigenvalue weighted by Crippen LogP contribution is 2.20. The number of carbonyl (C=O) groups is 1. The van der Waals surface area contributed by atoms with Gasteiger partial charge >= 0.3 is 0 Å². The number of aryl methyl sites for hydroxylation is 1. The largest absolute Gasteiger partial charge is 0.333 e. The van der Waals surface area contributed by atoms with Crippen LogP contribution < -0.4 is 5.32 Å². The van der Waals surface area contributed by atoms with Crippen LogP contribution in [0.4, 0.5) is 0 Å². The van der Waals surface area contributed by atoms with E-state index in [1.54, 1.807) is 0 Å². The van der Waals surface area contributed by atoms with Crippen LogP contribution in [-0.4, -0.2) is 42.0 Å². The fraction of sp³-hybridized carbons (Fsp3) is 0.636. The fourth-order valence-electron chi connectivity index (χ4n) is 2.16. The lowest BCUT2D eigenvalue weighted by Gasteiger charge is -2.23. The summed E-state index contributed by atoms with van der Waals surface area (Å²) in [6, 6.07) is 0.333. The molecule has 0 radical (unpaired) electrons. The van der Waals surface area contributed by atoms with Gasteiger partial charge in [0.2, 0.25) is 0 Å². The summed E-state index contributed by atoms with van der Waals surface area (Å²) < 4.78 is 0. The van der Waals surface area contributed by atoms with Crippen LogP contribution in [0.3, 0.4) is 0 Å². The topological polar surface area (TPSA) is 45.2 Å². The maximum absolute atomic E-state index is 12.2. The number of carbonyl (C=O) groups excluding carboxylic acids is 1. The van der Waals surface area contributed by atoms with E-state index in [1.165, 1.54) is 11.3 Å². The average molecular weight is 239 g/mol. The van der Waals surface area contributed by atoms with Gasteiger partial charge in [-0.3, -0.25) is 4.79 Å². The number of nitrogens with zero attached hydrogens (tertiary/aromatic N) is 2. The third kappa shape index (κ3) is 2.25. The second-order valence-electron chi connectivity index (χ2n) is 4.10. The Bertz CT molecular complexity index is 377. The molecule has 1 atom stereocenters. The molecule has 1 saturated heterocycles. The van der Waals surface area contributed by atoms with E-state index >= 15 is 0 Å². The van der Waals surface area contributed by atoms with Crippen molar-refractivity contribution < 1.29 is 4.79 Å². The molecule has 1 amide bonds. The Labute approximate surface area is 99.7 Å². The summed E-state index contributed by atoms with van der Waals surface area (Å²) in [5.74, 6) is 0.0853. The van der Waals surface area contributed by atoms with Gasteiger partial charge in [-0.05, 0) is 26.8 Å². The van der Waals surface area contributed by atoms with E-state index in [9.17, 15) is 4.79 Å². The van der Waals surface area contributed by atoms with Crippen molar-refractivity contribution in [1.29, 1.82) is 0 Å². The molecule has 88 valence electrons. The Kier molecular flexibility index (Phi) is 3.56. The number of nitrogens with one attached hydrogen (secondary N) is 1. The predicted molar refractivity (Wildman–Crippen MR) is 64.8 cm³/mol. The van der Waals surface area contributed by atoms with Crippen LogP contribution in [0.1, 0.15) is 28.3 Å². The van der Waals surface area contributed by atoms with Crippen molar-refractivity contribution in [2.75, 3.05) is 20.1 Å². The van der Waals surface area contributed by atoms with Gasteiger partial charge in [0, 0.05) is 24.5 Å². The highest BCUT2D eigenvalue weighted by molar-refractivity contribution is 7.09. The first-order valence-corrected chi connectivity index (χ1v) is 6.48. The third-order valence-corrected chi connectivity index (χ3v) is 3.69. The Balaban J connectivity index is 2.09. The van der Waals surface area contributed by atoms with E-state index < -0.39 is 0 Å². The second-order valence-corrected chi connectivity index (χ2v) is 5.17. The van der Waals surface area contributed by atoms with Crippen LogP contribution in [0.15, 0.2) is 5.38 Å². The molecule has 0 bridgehead atoms. The fourth-order valence-corrected chi connectivity index (χ4v) is 2.75. The van der Waals surface area contributed by atoms with E-state index in [2.05, 4.69) is 10.3 Å². The van der Waals surface area contributed by atoms with Crippen LogP contribution in [0.25, 0.3) is 0 Å². The monoisotopic (exact) mass is 239 g/mol. The maximum atomic E-state index is 12.2. The van der Waals surface area contributed by atoms with Gasteiger partial charge in [0.25, 0.3) is 5.91 Å². The molecule has 0 aliphatic carbocycles. The predicted octanol–water partition coefficient (Wildman–Crippen LogP) is 1.28. The highest BCUT2D eigenvalue weighted by atomic mass is 32.1. The van der Waals surface area contributed by atoms with Gasteiger partial charge in [0.05, 0.1) is 5.01 Å². The van der Waals surface area contributed by atoms with Crippen molar-refractivity contribution in [1.82, 2.24) is 15.2 Å². The van der Waals surface area contributed by atoms with Crippen LogP contribution in [0.5, 0.6) is 0 Å². The SMILES string of the molecule is CNCC1CCCN1C(=O)c1csc(C)n1. The van der Waals surface area contributed by atoms with Gasteiger partial charge in [-0.2, -0.15) is 0 Å². The van der Waals surface area contributed by atoms with Gasteiger partial charge in [-0.25, -0.2) is 4.98 Å². The number of likely N-dealkylation sites (N-methyl/N-ethyl adjacent to an activating group) is 1. The molecule has 1 aromatic heterocycles. The molecule has 1 aliphatic heterocycles. The zero-order valence-corrected chi connectivity index (χ0v) is 10.5. The van der Waals surface area contributed by atoms with E-state index in [0.717, 1.165) is 30.9 Å². The minimum absolute atomic E-state index is 0.0853. The van der Waals surface area contributed by atoms with E-state index in [0.29, 0.717) is 11.7 Å². The molecule has 1 unspecified atom stereocenters. The van der Waals surface area contributed by atoms with Crippen LogP contribution >= 0.6 is 11.3 Å². The summed E-state index contributed by atoms with van der Waals surface area (Å²) in [5, 5.41) is 5.94. The summed E-state index contributed by atoms with van der Waals surface area (Å²) in [7, 11) is 1.92. The number of thiazole rings is 1. The summed E-state index contributed by atoms with van der Waals surface area (Å²) in [4.78, 5) is 18.4. The first kappa shape index (κ1) is 11.5. The van der Waals surface area contributed by atoms with E-state index in [4.69, 9.17) is 0 Å². The molecule has 1 aliphatic rings. The third-order valence-electron chi connectivity index (χ3n) is 2.92. The molecule has 0 saturated carbocycles. The smallest absolute Gasteiger partial charge is 0.273 e. The maximum Gasteiger partial charge on any atom is 0.273 e. The van der Waals surface area contributed by atoms with Gasteiger partial charge < -0.3 is 10.2 Å². The minimum Gasteiger partial charge on any atom is -0.333 e. The Morgan fingerprint density at radius 3 is 3.19 bits per heavy atom. The van der Waals surface area contributed by atoms with Crippen LogP contribution in [0, 0.1) is 6.92 Å². The molecule has 0 spiro atoms. The van der Waals surface area contributed by atoms with Crippen LogP contribution in [-0.2, 0) is 0 Å². The normalized spacial score (nSPS) is 20.4. The molecule has 1 aromatic rings. The first-order chi connectivity index (χ1) is 7.72. The Morgan fingerprint density at radius 2 is 2.56 bits per heavy atom. The minimum atomic E-state index is 0.0853. The van der Waals surface area contributed by atoms with Crippen molar-refractivity contribution in [3.8, 4) is 0 Å². The summed E-state index contributed by atoms with van der Waals surface area (Å²) in [5.41, 5.74) is 0.602. The van der Waals surface area contributed by atoms with Crippen LogP contribution in [0.2, 0.25) is 0 Å². The molecule has 16 heavy (non-hydrogen) atoms. The molecule has 1 fully saturated rings. The second kappa shape index (κ2) is 4.93. The highest BCUT2D eigenvalue weighted by Gasteiger charge is 2.29. The zero-order chi connectivity index (χ0) is 11.5. The molecular formula is C11H17N3OS. The summed E-state index contributed by atoms with van der Waals surface area (Å²) in [6.07, 6.45) is 2.19. The van der Waals surface area contributed by atoms with Gasteiger partial charge in [-0.15, -0.1) is 11.3 Å². The number of likely N-dealkylation sites (tertiary alicyclic amines) is 1. The van der Waals surface area contributed by atoms with Gasteiger partial charge in [-0.1, -0.05) is 0 Å². The number of amides is 1. The Hall–Kier alpha value is -0.940. The lowest BCUT2D eigenvalue weighted by atomic mass is 10.2. The van der Waals surface area contributed by atoms with E-state index in [1.807, 2.05) is 24.3 Å². The molecule has 4 nitrogen and oxygen atoms in total. The summed E-state index contributed by atoms with van der Waals surface area (Å²) >= 11 is 1.53. The first-order valence-electron chi connectivity index (χ1n) is 5.60. The van der Waals surface area contributed by atoms with Crippen molar-refractivity contribution >= 4 is 17.2 Å². The lowest BCUT2D eigenvalue weighted by molar-refractivity contribution is 0.0732. The lowest BCUT2D eigenvalue weighted by Crippen LogP contribution is -2.40. The van der Waals surface area contributed by atoms with Crippen molar-refractivity contribution in [2.24, 2.45) is 0 Å². The molecule has 1 N–H and O–H groups in total. The molecule has 2 rings (SSSR count). The van der Waals surface area contributed by atoms with Gasteiger partial charge in [0.1, 0.15) is 5.69 Å². The molecule has 5 heteroatoms. The number of hydrogen-bond acceptors (Lipinski definition) is 4. The quantitative estimate of drug-likeness (QED) is 0.864. The number of rotatable bonds is 3. The van der Waals surface area contributed by atoms with Gasteiger partial charge in [0.15, 0.2) is 0 Å². The molecule has 0 aromatic carbocycles. The standard InChI is InChI=1S/C11H17N3OS/c1-8-13-10(7-16-8)11(15)14-5-3-4-9(14)6-12-2/h7,9,12H,3-6H2,1-2H3. The van der Waals surface area contributed by atoms with Crippen molar-refractivity contribution in [2.45, 2.75) is 25.8 Å². The zero-order valence-electron chi connectivity index (χ0n) is 9.69. The Morgan fingerprint density at radius 1 is 1.75 bits per heavy atom. The van der Waals surface area contributed by atoms with Crippen molar-refractivity contribution in [3.63, 3.8) is 0 Å². The molecular weight excluding hydrogens is 222 g/mol. The van der Waals surface area contributed by atoms with Crippen molar-refractivity contribution in [3.05, 3.63) is 16.1 Å².